The van der Waals surface area contributed by atoms with E-state index < -0.39 is 27.8 Å². The van der Waals surface area contributed by atoms with E-state index in [0.29, 0.717) is 0 Å². The average molecular weight is 338 g/mol. The van der Waals surface area contributed by atoms with E-state index in [9.17, 15) is 14.8 Å². The molecule has 4 N–H and O–H groups in total. The SMILES string of the molecule is C=C(C(=O)/C(C(=C)C(=O)c1nonc1C)=[N+](\[O-])ON)/C(C)=N\ON. The Morgan fingerprint density at radius 3 is 2.38 bits per heavy atom. The Balaban J connectivity index is 3.30. The molecule has 0 fully saturated rings. The van der Waals surface area contributed by atoms with Gasteiger partial charge in [0.05, 0.1) is 16.2 Å². The second-order valence-corrected chi connectivity index (χ2v) is 4.31. The molecule has 128 valence electrons. The summed E-state index contributed by atoms with van der Waals surface area (Å²) in [5, 5.41) is 21.8. The predicted octanol–water partition coefficient (Wildman–Crippen LogP) is -0.735. The van der Waals surface area contributed by atoms with Crippen LogP contribution in [0.15, 0.2) is 34.1 Å². The van der Waals surface area contributed by atoms with Crippen LogP contribution < -0.4 is 11.8 Å². The van der Waals surface area contributed by atoms with Crippen molar-refractivity contribution in [2.75, 3.05) is 0 Å². The van der Waals surface area contributed by atoms with Gasteiger partial charge >= 0.3 is 5.71 Å². The van der Waals surface area contributed by atoms with Crippen LogP contribution in [0.3, 0.4) is 0 Å². The van der Waals surface area contributed by atoms with Crippen LogP contribution in [0, 0.1) is 12.1 Å². The minimum atomic E-state index is -1.04. The number of aromatic nitrogens is 2. The van der Waals surface area contributed by atoms with Crippen LogP contribution in [-0.4, -0.2) is 38.2 Å². The normalized spacial score (nSPS) is 12.2. The summed E-state index contributed by atoms with van der Waals surface area (Å²) in [5.74, 6) is 7.59. The summed E-state index contributed by atoms with van der Waals surface area (Å²) < 4.78 is 4.39. The Bertz CT molecular complexity index is 762. The number of hydrogen-bond donors (Lipinski definition) is 2. The lowest BCUT2D eigenvalue weighted by atomic mass is 9.96. The molecule has 1 aromatic rings. The van der Waals surface area contributed by atoms with E-state index in [2.05, 4.69) is 43.1 Å². The summed E-state index contributed by atoms with van der Waals surface area (Å²) in [7, 11) is 0. The molecule has 0 saturated carbocycles. The third kappa shape index (κ3) is 3.68. The average Bonchev–Trinajstić information content (AvgIpc) is 2.99. The van der Waals surface area contributed by atoms with Crippen LogP contribution in [0.2, 0.25) is 0 Å². The zero-order valence-corrected chi connectivity index (χ0v) is 12.8. The lowest BCUT2D eigenvalue weighted by Gasteiger charge is -2.07. The quantitative estimate of drug-likeness (QED) is 0.201. The first kappa shape index (κ1) is 18.7. The van der Waals surface area contributed by atoms with Gasteiger partial charge in [0.1, 0.15) is 5.69 Å². The molecule has 0 aliphatic carbocycles. The van der Waals surface area contributed by atoms with Crippen LogP contribution in [-0.2, 0) is 14.7 Å². The largest absolute Gasteiger partial charge is 0.327 e. The van der Waals surface area contributed by atoms with Crippen molar-refractivity contribution < 1.29 is 29.0 Å². The van der Waals surface area contributed by atoms with Gasteiger partial charge < -0.3 is 9.88 Å². The van der Waals surface area contributed by atoms with Crippen LogP contribution in [0.1, 0.15) is 23.1 Å². The molecule has 0 atom stereocenters. The number of oxime groups is 1. The number of aryl methyl sites for hydroxylation is 1. The first-order valence-corrected chi connectivity index (χ1v) is 6.14. The first-order chi connectivity index (χ1) is 11.3. The van der Waals surface area contributed by atoms with E-state index in [1.807, 2.05) is 0 Å². The number of nitrogens with two attached hydrogens (primary N) is 2. The Morgan fingerprint density at radius 1 is 1.29 bits per heavy atom. The van der Waals surface area contributed by atoms with Crippen LogP contribution in [0.25, 0.3) is 0 Å². The fourth-order valence-corrected chi connectivity index (χ4v) is 1.51. The van der Waals surface area contributed by atoms with Gasteiger partial charge in [0.15, 0.2) is 5.69 Å². The molecular formula is C12H14N6O6. The van der Waals surface area contributed by atoms with Gasteiger partial charge in [0, 0.05) is 5.57 Å². The third-order valence-electron chi connectivity index (χ3n) is 2.82. The highest BCUT2D eigenvalue weighted by Gasteiger charge is 2.35. The molecule has 1 heterocycles. The van der Waals surface area contributed by atoms with Crippen molar-refractivity contribution in [3.05, 3.63) is 40.9 Å². The molecule has 0 bridgehead atoms. The number of Topliss-reactive ketones (excluding diaryl/α,β-unsaturated/α-hetero) is 2. The summed E-state index contributed by atoms with van der Waals surface area (Å²) >= 11 is 0. The Morgan fingerprint density at radius 2 is 1.92 bits per heavy atom. The third-order valence-corrected chi connectivity index (χ3v) is 2.82. The van der Waals surface area contributed by atoms with Gasteiger partial charge in [-0.15, -0.1) is 5.90 Å². The minimum absolute atomic E-state index is 0.0510. The molecule has 12 heteroatoms. The van der Waals surface area contributed by atoms with Gasteiger partial charge in [-0.05, 0) is 19.0 Å². The molecule has 12 nitrogen and oxygen atoms in total. The Labute approximate surface area is 135 Å². The lowest BCUT2D eigenvalue weighted by molar-refractivity contribution is -0.745. The molecule has 0 radical (unpaired) electrons. The van der Waals surface area contributed by atoms with Crippen molar-refractivity contribution in [3.63, 3.8) is 0 Å². The van der Waals surface area contributed by atoms with Gasteiger partial charge in [0.2, 0.25) is 5.78 Å². The van der Waals surface area contributed by atoms with Crippen molar-refractivity contribution >= 4 is 23.0 Å². The van der Waals surface area contributed by atoms with E-state index in [4.69, 9.17) is 11.8 Å². The van der Waals surface area contributed by atoms with E-state index >= 15 is 0 Å². The number of rotatable bonds is 8. The highest BCUT2D eigenvalue weighted by atomic mass is 16.9. The molecule has 0 aliphatic rings. The predicted molar refractivity (Wildman–Crippen MR) is 78.9 cm³/mol. The second kappa shape index (κ2) is 7.75. The molecule has 0 spiro atoms. The van der Waals surface area contributed by atoms with Crippen LogP contribution >= 0.6 is 0 Å². The molecule has 0 aliphatic heterocycles. The Hall–Kier alpha value is -3.38. The fraction of sp³-hybridized carbons (Fsp3) is 0.167. The minimum Gasteiger partial charge on any atom is -0.323 e. The molecule has 0 unspecified atom stereocenters. The van der Waals surface area contributed by atoms with E-state index in [-0.39, 0.29) is 22.7 Å². The van der Waals surface area contributed by atoms with Crippen LogP contribution in [0.5, 0.6) is 0 Å². The summed E-state index contributed by atoms with van der Waals surface area (Å²) in [5.41, 5.74) is -1.87. The molecule has 0 saturated heterocycles. The van der Waals surface area contributed by atoms with Crippen molar-refractivity contribution in [1.29, 1.82) is 0 Å². The number of nitrogens with zero attached hydrogens (tertiary/aromatic N) is 4. The van der Waals surface area contributed by atoms with Gasteiger partial charge in [-0.2, -0.15) is 0 Å². The van der Waals surface area contributed by atoms with Gasteiger partial charge in [-0.3, -0.25) is 14.8 Å². The van der Waals surface area contributed by atoms with E-state index in [1.54, 1.807) is 0 Å². The molecule has 1 aromatic heterocycles. The van der Waals surface area contributed by atoms with Crippen molar-refractivity contribution in [2.24, 2.45) is 16.9 Å². The number of allylic oxidation sites excluding steroid dienone is 2. The topological polar surface area (TPSA) is 182 Å². The monoisotopic (exact) mass is 338 g/mol. The van der Waals surface area contributed by atoms with Crippen molar-refractivity contribution in [3.8, 4) is 0 Å². The zero-order valence-electron chi connectivity index (χ0n) is 12.8. The maximum absolute atomic E-state index is 12.4. The van der Waals surface area contributed by atoms with Crippen LogP contribution in [0.4, 0.5) is 0 Å². The summed E-state index contributed by atoms with van der Waals surface area (Å²) in [6.45, 7) is 9.60. The highest BCUT2D eigenvalue weighted by molar-refractivity contribution is 6.58. The summed E-state index contributed by atoms with van der Waals surface area (Å²) in [4.78, 5) is 32.3. The van der Waals surface area contributed by atoms with E-state index in [0.717, 1.165) is 0 Å². The smallest absolute Gasteiger partial charge is 0.323 e. The summed E-state index contributed by atoms with van der Waals surface area (Å²) in [6.07, 6.45) is 0. The standard InChI is InChI=1S/C12H14N6O6/c1-5(7(3)15-22-13)12(20)10(18(21)23-14)6(2)11(19)9-8(4)16-24-17-9/h1-2,13-14H2,3-4H3/b15-7-,18-10+. The molecular weight excluding hydrogens is 324 g/mol. The van der Waals surface area contributed by atoms with Gasteiger partial charge in [0.25, 0.3) is 5.78 Å². The second-order valence-electron chi connectivity index (χ2n) is 4.31. The Kier molecular flexibility index (Phi) is 6.03. The lowest BCUT2D eigenvalue weighted by Crippen LogP contribution is -2.33. The highest BCUT2D eigenvalue weighted by Crippen LogP contribution is 2.13. The van der Waals surface area contributed by atoms with Gasteiger partial charge in [-0.1, -0.05) is 23.5 Å². The zero-order chi connectivity index (χ0) is 18.4. The van der Waals surface area contributed by atoms with E-state index in [1.165, 1.54) is 13.8 Å². The summed E-state index contributed by atoms with van der Waals surface area (Å²) in [6, 6.07) is 0. The maximum Gasteiger partial charge on any atom is 0.327 e. The number of ketones is 2. The molecule has 0 aromatic carbocycles. The van der Waals surface area contributed by atoms with Crippen molar-refractivity contribution in [2.45, 2.75) is 13.8 Å². The molecule has 24 heavy (non-hydrogen) atoms. The first-order valence-electron chi connectivity index (χ1n) is 6.14. The van der Waals surface area contributed by atoms with Gasteiger partial charge in [-0.25, -0.2) is 10.5 Å². The fourth-order valence-electron chi connectivity index (χ4n) is 1.51. The number of carbonyl (C=O) groups excluding carboxylic acids is 2. The maximum atomic E-state index is 12.4. The molecule has 0 amide bonds. The molecule has 1 rings (SSSR count). The number of hydrogen-bond acceptors (Lipinski definition) is 11. The van der Waals surface area contributed by atoms with Crippen molar-refractivity contribution in [1.82, 2.24) is 10.3 Å². The number of carbonyl (C=O) groups is 2.